The van der Waals surface area contributed by atoms with Gasteiger partial charge in [0.05, 0.1) is 23.2 Å². The monoisotopic (exact) mass is 502 g/mol. The van der Waals surface area contributed by atoms with E-state index in [2.05, 4.69) is 4.98 Å². The molecule has 37 heavy (non-hydrogen) atoms. The minimum absolute atomic E-state index is 0.0560. The zero-order valence-corrected chi connectivity index (χ0v) is 21.0. The number of nitrogens with zero attached hydrogens (tertiary/aromatic N) is 2. The summed E-state index contributed by atoms with van der Waals surface area (Å²) in [6.45, 7) is 5.37. The number of amides is 1. The van der Waals surface area contributed by atoms with Gasteiger partial charge in [0, 0.05) is 6.20 Å². The van der Waals surface area contributed by atoms with E-state index in [4.69, 9.17) is 9.47 Å². The van der Waals surface area contributed by atoms with Gasteiger partial charge >= 0.3 is 12.1 Å². The maximum absolute atomic E-state index is 13.8. The molecule has 3 unspecified atom stereocenters. The van der Waals surface area contributed by atoms with Crippen molar-refractivity contribution in [1.29, 1.82) is 0 Å². The highest BCUT2D eigenvalue weighted by Gasteiger charge is 2.43. The van der Waals surface area contributed by atoms with Crippen LogP contribution in [0.25, 0.3) is 0 Å². The lowest BCUT2D eigenvalue weighted by Gasteiger charge is -2.28. The first-order valence-corrected chi connectivity index (χ1v) is 12.1. The predicted octanol–water partition coefficient (Wildman–Crippen LogP) is 4.12. The van der Waals surface area contributed by atoms with Crippen molar-refractivity contribution in [2.24, 2.45) is 0 Å². The van der Waals surface area contributed by atoms with E-state index in [1.54, 1.807) is 69.4 Å². The fourth-order valence-electron chi connectivity index (χ4n) is 4.31. The standard InChI is InChI=1S/C29H30N2O6/c1-29(2,3)37-27(34)21-13-9-12-20(17-21)24(23-14-7-8-15-30-23)25(32)26(33)31-22(18-36-28(31)35)16-19-10-5-4-6-11-19/h4-15,17,22,24,26,33H,16,18H2,1-3H3. The van der Waals surface area contributed by atoms with E-state index in [9.17, 15) is 19.5 Å². The third-order valence-electron chi connectivity index (χ3n) is 5.96. The Balaban J connectivity index is 1.66. The molecule has 2 aromatic carbocycles. The number of hydrogen-bond donors (Lipinski definition) is 1. The normalized spacial score (nSPS) is 17.1. The number of ketones is 1. The smallest absolute Gasteiger partial charge is 0.412 e. The van der Waals surface area contributed by atoms with Crippen LogP contribution >= 0.6 is 0 Å². The Kier molecular flexibility index (Phi) is 7.69. The molecule has 0 saturated carbocycles. The Bertz CT molecular complexity index is 1260. The van der Waals surface area contributed by atoms with Gasteiger partial charge in [0.15, 0.2) is 12.0 Å². The summed E-state index contributed by atoms with van der Waals surface area (Å²) >= 11 is 0. The largest absolute Gasteiger partial charge is 0.456 e. The fraction of sp³-hybridized carbons (Fsp3) is 0.310. The summed E-state index contributed by atoms with van der Waals surface area (Å²) in [6.07, 6.45) is -0.577. The molecular formula is C29H30N2O6. The summed E-state index contributed by atoms with van der Waals surface area (Å²) in [5, 5.41) is 11.2. The van der Waals surface area contributed by atoms with Crippen LogP contribution in [0.2, 0.25) is 0 Å². The van der Waals surface area contributed by atoms with E-state index in [1.165, 1.54) is 0 Å². The maximum atomic E-state index is 13.8. The highest BCUT2D eigenvalue weighted by atomic mass is 16.6. The average molecular weight is 503 g/mol. The first-order chi connectivity index (χ1) is 17.6. The van der Waals surface area contributed by atoms with Crippen molar-refractivity contribution < 1.29 is 29.0 Å². The van der Waals surface area contributed by atoms with Crippen molar-refractivity contribution in [3.8, 4) is 0 Å². The average Bonchev–Trinajstić information content (AvgIpc) is 3.23. The van der Waals surface area contributed by atoms with E-state index >= 15 is 0 Å². The van der Waals surface area contributed by atoms with Crippen LogP contribution in [-0.4, -0.2) is 57.3 Å². The van der Waals surface area contributed by atoms with Crippen molar-refractivity contribution in [3.63, 3.8) is 0 Å². The minimum atomic E-state index is -1.78. The van der Waals surface area contributed by atoms with Gasteiger partial charge in [0.2, 0.25) is 0 Å². The zero-order valence-electron chi connectivity index (χ0n) is 21.0. The Labute approximate surface area is 215 Å². The summed E-state index contributed by atoms with van der Waals surface area (Å²) in [4.78, 5) is 44.6. The Morgan fingerprint density at radius 2 is 1.81 bits per heavy atom. The predicted molar refractivity (Wildman–Crippen MR) is 136 cm³/mol. The highest BCUT2D eigenvalue weighted by Crippen LogP contribution is 2.30. The van der Waals surface area contributed by atoms with Crippen LogP contribution in [0.1, 0.15) is 53.9 Å². The molecular weight excluding hydrogens is 472 g/mol. The number of aliphatic hydroxyl groups is 1. The molecule has 1 aliphatic rings. The number of rotatable bonds is 8. The molecule has 0 spiro atoms. The van der Waals surface area contributed by atoms with Crippen LogP contribution in [-0.2, 0) is 20.7 Å². The summed E-state index contributed by atoms with van der Waals surface area (Å²) < 4.78 is 10.7. The van der Waals surface area contributed by atoms with Gasteiger partial charge in [-0.3, -0.25) is 14.7 Å². The number of esters is 1. The van der Waals surface area contributed by atoms with Gasteiger partial charge < -0.3 is 14.6 Å². The van der Waals surface area contributed by atoms with Crippen molar-refractivity contribution in [2.45, 2.75) is 51.0 Å². The Hall–Kier alpha value is -4.04. The quantitative estimate of drug-likeness (QED) is 0.462. The number of carbonyl (C=O) groups excluding carboxylic acids is 3. The molecule has 0 radical (unpaired) electrons. The Morgan fingerprint density at radius 3 is 2.49 bits per heavy atom. The SMILES string of the molecule is CC(C)(C)OC(=O)c1cccc(C(C(=O)C(O)N2C(=O)OCC2Cc2ccccc2)c2ccccn2)c1. The lowest BCUT2D eigenvalue weighted by molar-refractivity contribution is -0.136. The van der Waals surface area contributed by atoms with E-state index in [1.807, 2.05) is 30.3 Å². The molecule has 1 aliphatic heterocycles. The molecule has 0 aliphatic carbocycles. The molecule has 3 aromatic rings. The summed E-state index contributed by atoms with van der Waals surface area (Å²) in [5.41, 5.74) is 1.34. The summed E-state index contributed by atoms with van der Waals surface area (Å²) in [6, 6.07) is 20.5. The van der Waals surface area contributed by atoms with E-state index in [0.29, 0.717) is 17.7 Å². The molecule has 192 valence electrons. The molecule has 1 N–H and O–H groups in total. The molecule has 1 amide bonds. The molecule has 8 heteroatoms. The zero-order chi connectivity index (χ0) is 26.6. The molecule has 0 bridgehead atoms. The van der Waals surface area contributed by atoms with Gasteiger partial charge in [-0.1, -0.05) is 48.5 Å². The lowest BCUT2D eigenvalue weighted by atomic mass is 9.88. The van der Waals surface area contributed by atoms with Crippen LogP contribution in [0, 0.1) is 0 Å². The second-order valence-electron chi connectivity index (χ2n) is 9.92. The van der Waals surface area contributed by atoms with E-state index in [-0.39, 0.29) is 12.2 Å². The van der Waals surface area contributed by atoms with Crippen molar-refractivity contribution >= 4 is 17.8 Å². The molecule has 8 nitrogen and oxygen atoms in total. The molecule has 4 rings (SSSR count). The van der Waals surface area contributed by atoms with Gasteiger partial charge in [-0.15, -0.1) is 0 Å². The van der Waals surface area contributed by atoms with Gasteiger partial charge in [-0.2, -0.15) is 0 Å². The first-order valence-electron chi connectivity index (χ1n) is 12.1. The molecule has 2 heterocycles. The topological polar surface area (TPSA) is 106 Å². The maximum Gasteiger partial charge on any atom is 0.412 e. The minimum Gasteiger partial charge on any atom is -0.456 e. The number of aromatic nitrogens is 1. The van der Waals surface area contributed by atoms with Crippen LogP contribution in [0.4, 0.5) is 4.79 Å². The number of carbonyl (C=O) groups is 3. The lowest BCUT2D eigenvalue weighted by Crippen LogP contribution is -2.49. The third kappa shape index (κ3) is 6.21. The Morgan fingerprint density at radius 1 is 1.08 bits per heavy atom. The molecule has 1 fully saturated rings. The number of cyclic esters (lactones) is 1. The van der Waals surface area contributed by atoms with E-state index < -0.39 is 41.6 Å². The van der Waals surface area contributed by atoms with Crippen molar-refractivity contribution in [2.75, 3.05) is 6.61 Å². The van der Waals surface area contributed by atoms with Crippen molar-refractivity contribution in [1.82, 2.24) is 9.88 Å². The van der Waals surface area contributed by atoms with Gasteiger partial charge in [-0.25, -0.2) is 9.59 Å². The van der Waals surface area contributed by atoms with Crippen LogP contribution in [0.5, 0.6) is 0 Å². The van der Waals surface area contributed by atoms with Gasteiger partial charge in [0.1, 0.15) is 12.2 Å². The van der Waals surface area contributed by atoms with E-state index in [0.717, 1.165) is 10.5 Å². The van der Waals surface area contributed by atoms with Crippen LogP contribution in [0.15, 0.2) is 79.0 Å². The summed E-state index contributed by atoms with van der Waals surface area (Å²) in [7, 11) is 0. The molecule has 1 aromatic heterocycles. The third-order valence-corrected chi connectivity index (χ3v) is 5.96. The second-order valence-corrected chi connectivity index (χ2v) is 9.92. The number of Topliss-reactive ketones (excluding diaryl/α,β-unsaturated/α-hetero) is 1. The molecule has 1 saturated heterocycles. The van der Waals surface area contributed by atoms with Crippen LogP contribution in [0.3, 0.4) is 0 Å². The van der Waals surface area contributed by atoms with Crippen LogP contribution < -0.4 is 0 Å². The number of hydrogen-bond acceptors (Lipinski definition) is 7. The number of pyridine rings is 1. The number of benzene rings is 2. The second kappa shape index (κ2) is 10.9. The number of aliphatic hydroxyl groups excluding tert-OH is 1. The number of ether oxygens (including phenoxy) is 2. The molecule has 3 atom stereocenters. The van der Waals surface area contributed by atoms with Gasteiger partial charge in [0.25, 0.3) is 0 Å². The highest BCUT2D eigenvalue weighted by molar-refractivity contribution is 5.95. The first kappa shape index (κ1) is 26.0. The van der Waals surface area contributed by atoms with Crippen molar-refractivity contribution in [3.05, 3.63) is 101 Å². The van der Waals surface area contributed by atoms with Gasteiger partial charge in [-0.05, 0) is 62.6 Å². The fourth-order valence-corrected chi connectivity index (χ4v) is 4.31. The summed E-state index contributed by atoms with van der Waals surface area (Å²) in [5.74, 6) is -2.23.